The van der Waals surface area contributed by atoms with E-state index in [0.717, 1.165) is 30.8 Å². The fourth-order valence-corrected chi connectivity index (χ4v) is 4.64. The molecule has 0 aliphatic carbocycles. The molecule has 1 amide bonds. The smallest absolute Gasteiger partial charge is 0.255 e. The van der Waals surface area contributed by atoms with E-state index in [1.165, 1.54) is 38.2 Å². The fraction of sp³-hybridized carbons (Fsp3) is 0.409. The summed E-state index contributed by atoms with van der Waals surface area (Å²) in [7, 11) is -2.35. The van der Waals surface area contributed by atoms with Gasteiger partial charge in [-0.05, 0) is 62.2 Å². The number of likely N-dealkylation sites (tertiary alicyclic amines) is 1. The summed E-state index contributed by atoms with van der Waals surface area (Å²) in [6.45, 7) is 5.40. The second-order valence-electron chi connectivity index (χ2n) is 7.30. The minimum Gasteiger partial charge on any atom is -0.496 e. The summed E-state index contributed by atoms with van der Waals surface area (Å²) in [5.41, 5.74) is 2.27. The molecule has 2 N–H and O–H groups in total. The molecule has 1 aliphatic rings. The van der Waals surface area contributed by atoms with Crippen LogP contribution in [0, 0.1) is 0 Å². The lowest BCUT2D eigenvalue weighted by atomic mass is 10.1. The molecule has 1 saturated heterocycles. The molecule has 0 atom stereocenters. The highest BCUT2D eigenvalue weighted by atomic mass is 32.2. The predicted octanol–water partition coefficient (Wildman–Crippen LogP) is 2.52. The van der Waals surface area contributed by atoms with Crippen molar-refractivity contribution in [3.8, 4) is 5.75 Å². The van der Waals surface area contributed by atoms with Gasteiger partial charge >= 0.3 is 0 Å². The number of benzene rings is 2. The molecule has 2 aromatic carbocycles. The Hall–Kier alpha value is -2.42. The normalized spacial score (nSPS) is 14.6. The highest BCUT2D eigenvalue weighted by molar-refractivity contribution is 7.89. The Morgan fingerprint density at radius 1 is 1.10 bits per heavy atom. The Morgan fingerprint density at radius 3 is 2.47 bits per heavy atom. The summed E-state index contributed by atoms with van der Waals surface area (Å²) in [6, 6.07) is 12.2. The number of nitrogens with one attached hydrogen (secondary N) is 2. The van der Waals surface area contributed by atoms with Crippen LogP contribution in [0.1, 0.15) is 41.3 Å². The molecule has 8 heteroatoms. The van der Waals surface area contributed by atoms with E-state index in [0.29, 0.717) is 12.3 Å². The molecule has 162 valence electrons. The summed E-state index contributed by atoms with van der Waals surface area (Å²) in [5, 5.41) is 2.68. The van der Waals surface area contributed by atoms with E-state index in [2.05, 4.69) is 14.9 Å². The van der Waals surface area contributed by atoms with Crippen LogP contribution in [0.25, 0.3) is 0 Å². The molecule has 0 bridgehead atoms. The average molecular weight is 432 g/mol. The second-order valence-corrected chi connectivity index (χ2v) is 9.07. The van der Waals surface area contributed by atoms with E-state index < -0.39 is 10.0 Å². The molecule has 1 fully saturated rings. The van der Waals surface area contributed by atoms with E-state index in [-0.39, 0.29) is 22.9 Å². The third kappa shape index (κ3) is 5.38. The van der Waals surface area contributed by atoms with E-state index in [4.69, 9.17) is 4.74 Å². The van der Waals surface area contributed by atoms with Gasteiger partial charge in [-0.25, -0.2) is 13.1 Å². The lowest BCUT2D eigenvalue weighted by Crippen LogP contribution is -2.26. The molecular formula is C22H29N3O4S. The van der Waals surface area contributed by atoms with Crippen LogP contribution in [-0.2, 0) is 23.1 Å². The van der Waals surface area contributed by atoms with Crippen LogP contribution >= 0.6 is 0 Å². The van der Waals surface area contributed by atoms with Crippen molar-refractivity contribution in [2.24, 2.45) is 0 Å². The van der Waals surface area contributed by atoms with Gasteiger partial charge in [0.15, 0.2) is 0 Å². The zero-order valence-electron chi connectivity index (χ0n) is 17.5. The van der Waals surface area contributed by atoms with Crippen molar-refractivity contribution in [1.29, 1.82) is 0 Å². The molecule has 0 spiro atoms. The third-order valence-electron chi connectivity index (χ3n) is 5.23. The number of rotatable bonds is 9. The van der Waals surface area contributed by atoms with Gasteiger partial charge in [-0.15, -0.1) is 0 Å². The summed E-state index contributed by atoms with van der Waals surface area (Å²) in [4.78, 5) is 14.7. The van der Waals surface area contributed by atoms with Crippen LogP contribution in [0.15, 0.2) is 47.4 Å². The monoisotopic (exact) mass is 431 g/mol. The Bertz CT molecular complexity index is 986. The maximum absolute atomic E-state index is 12.9. The number of methoxy groups -OCH3 is 1. The molecule has 1 heterocycles. The number of sulfonamides is 1. The van der Waals surface area contributed by atoms with E-state index in [9.17, 15) is 13.2 Å². The molecule has 0 aromatic heterocycles. The molecule has 0 radical (unpaired) electrons. The summed E-state index contributed by atoms with van der Waals surface area (Å²) >= 11 is 0. The maximum atomic E-state index is 12.9. The molecule has 0 saturated carbocycles. The van der Waals surface area contributed by atoms with Gasteiger partial charge in [0.1, 0.15) is 5.75 Å². The highest BCUT2D eigenvalue weighted by Crippen LogP contribution is 2.23. The molecule has 0 unspecified atom stereocenters. The van der Waals surface area contributed by atoms with Gasteiger partial charge in [0.2, 0.25) is 10.0 Å². The fourth-order valence-electron chi connectivity index (χ4n) is 3.61. The first-order valence-electron chi connectivity index (χ1n) is 10.2. The number of hydrogen-bond donors (Lipinski definition) is 2. The molecule has 3 rings (SSSR count). The number of amides is 1. The van der Waals surface area contributed by atoms with Crippen molar-refractivity contribution in [2.75, 3.05) is 26.7 Å². The van der Waals surface area contributed by atoms with Gasteiger partial charge in [0.05, 0.1) is 17.6 Å². The third-order valence-corrected chi connectivity index (χ3v) is 6.63. The lowest BCUT2D eigenvalue weighted by Gasteiger charge is -2.18. The standard InChI is InChI=1S/C22H29N3O4S/c1-3-23-22(26)20-14-19(10-11-21(20)29-2)30(27,28)24-15-17-8-4-5-9-18(17)16-25-12-6-7-13-25/h4-5,8-11,14,24H,3,6-7,12-13,15-16H2,1-2H3,(H,23,26). The minimum absolute atomic E-state index is 0.0292. The second kappa shape index (κ2) is 10.1. The van der Waals surface area contributed by atoms with Gasteiger partial charge in [0.25, 0.3) is 5.91 Å². The van der Waals surface area contributed by atoms with Crippen LogP contribution in [0.3, 0.4) is 0 Å². The van der Waals surface area contributed by atoms with Crippen molar-refractivity contribution >= 4 is 15.9 Å². The molecular weight excluding hydrogens is 402 g/mol. The zero-order valence-corrected chi connectivity index (χ0v) is 18.3. The molecule has 30 heavy (non-hydrogen) atoms. The first-order valence-corrected chi connectivity index (χ1v) is 11.7. The largest absolute Gasteiger partial charge is 0.496 e. The van der Waals surface area contributed by atoms with Gasteiger partial charge in [-0.3, -0.25) is 9.69 Å². The Labute approximate surface area is 178 Å². The van der Waals surface area contributed by atoms with Crippen molar-refractivity contribution in [1.82, 2.24) is 14.9 Å². The average Bonchev–Trinajstić information content (AvgIpc) is 3.26. The number of carbonyl (C=O) groups is 1. The zero-order chi connectivity index (χ0) is 21.6. The van der Waals surface area contributed by atoms with Gasteiger partial charge in [-0.1, -0.05) is 24.3 Å². The van der Waals surface area contributed by atoms with Gasteiger partial charge < -0.3 is 10.1 Å². The summed E-state index contributed by atoms with van der Waals surface area (Å²) in [6.07, 6.45) is 2.42. The van der Waals surface area contributed by atoms with Crippen molar-refractivity contribution in [2.45, 2.75) is 37.8 Å². The van der Waals surface area contributed by atoms with Crippen LogP contribution in [-0.4, -0.2) is 46.0 Å². The van der Waals surface area contributed by atoms with Gasteiger partial charge in [0, 0.05) is 19.6 Å². The van der Waals surface area contributed by atoms with E-state index in [1.807, 2.05) is 24.3 Å². The Kier molecular flexibility index (Phi) is 7.47. The molecule has 7 nitrogen and oxygen atoms in total. The van der Waals surface area contributed by atoms with Crippen molar-refractivity contribution in [3.05, 3.63) is 59.2 Å². The van der Waals surface area contributed by atoms with E-state index in [1.54, 1.807) is 6.92 Å². The first-order chi connectivity index (χ1) is 14.4. The number of ether oxygens (including phenoxy) is 1. The number of hydrogen-bond acceptors (Lipinski definition) is 5. The quantitative estimate of drug-likeness (QED) is 0.637. The SMILES string of the molecule is CCNC(=O)c1cc(S(=O)(=O)NCc2ccccc2CN2CCCC2)ccc1OC. The Morgan fingerprint density at radius 2 is 1.80 bits per heavy atom. The number of carbonyl (C=O) groups excluding carboxylic acids is 1. The van der Waals surface area contributed by atoms with Crippen LogP contribution in [0.4, 0.5) is 0 Å². The maximum Gasteiger partial charge on any atom is 0.255 e. The van der Waals surface area contributed by atoms with E-state index >= 15 is 0 Å². The number of nitrogens with zero attached hydrogens (tertiary/aromatic N) is 1. The minimum atomic E-state index is -3.80. The summed E-state index contributed by atoms with van der Waals surface area (Å²) in [5.74, 6) is -0.0433. The first kappa shape index (κ1) is 22.3. The molecule has 2 aromatic rings. The van der Waals surface area contributed by atoms with Crippen LogP contribution < -0.4 is 14.8 Å². The predicted molar refractivity (Wildman–Crippen MR) is 116 cm³/mol. The van der Waals surface area contributed by atoms with Crippen molar-refractivity contribution in [3.63, 3.8) is 0 Å². The summed E-state index contributed by atoms with van der Waals surface area (Å²) < 4.78 is 33.7. The van der Waals surface area contributed by atoms with Crippen molar-refractivity contribution < 1.29 is 17.9 Å². The van der Waals surface area contributed by atoms with Crippen LogP contribution in [0.2, 0.25) is 0 Å². The van der Waals surface area contributed by atoms with Gasteiger partial charge in [-0.2, -0.15) is 0 Å². The van der Waals surface area contributed by atoms with Crippen LogP contribution in [0.5, 0.6) is 5.75 Å². The highest BCUT2D eigenvalue weighted by Gasteiger charge is 2.20. The Balaban J connectivity index is 1.77. The topological polar surface area (TPSA) is 87.7 Å². The lowest BCUT2D eigenvalue weighted by molar-refractivity contribution is 0.0952. The molecule has 1 aliphatic heterocycles.